The molecule has 94 valence electrons. The van der Waals surface area contributed by atoms with Crippen molar-refractivity contribution in [2.75, 3.05) is 13.1 Å². The Bertz CT molecular complexity index is 381. The van der Waals surface area contributed by atoms with E-state index in [1.807, 2.05) is 0 Å². The Morgan fingerprint density at radius 1 is 1.24 bits per heavy atom. The van der Waals surface area contributed by atoms with Gasteiger partial charge in [0.15, 0.2) is 0 Å². The van der Waals surface area contributed by atoms with Crippen molar-refractivity contribution < 1.29 is 0 Å². The molecule has 1 aliphatic rings. The van der Waals surface area contributed by atoms with Gasteiger partial charge in [-0.3, -0.25) is 0 Å². The Labute approximate surface area is 106 Å². The second kappa shape index (κ2) is 5.22. The molecule has 2 rings (SSSR count). The van der Waals surface area contributed by atoms with Crippen LogP contribution in [0.3, 0.4) is 0 Å². The zero-order valence-corrected chi connectivity index (χ0v) is 11.6. The van der Waals surface area contributed by atoms with Gasteiger partial charge in [0.1, 0.15) is 0 Å². The van der Waals surface area contributed by atoms with Crippen molar-refractivity contribution in [3.05, 3.63) is 34.9 Å². The summed E-state index contributed by atoms with van der Waals surface area (Å²) in [6.07, 6.45) is 1.37. The number of hydrogen-bond acceptors (Lipinski definition) is 1. The minimum atomic E-state index is 0.758. The normalized spacial score (nSPS) is 23.1. The molecule has 1 N–H and O–H groups in total. The molecule has 1 aromatic rings. The highest BCUT2D eigenvalue weighted by Crippen LogP contribution is 2.47. The molecule has 0 saturated heterocycles. The molecule has 1 heteroatoms. The molecule has 1 aromatic carbocycles. The molecule has 1 nitrogen and oxygen atoms in total. The van der Waals surface area contributed by atoms with Crippen LogP contribution >= 0.6 is 0 Å². The van der Waals surface area contributed by atoms with Gasteiger partial charge in [-0.1, -0.05) is 32.0 Å². The Morgan fingerprint density at radius 2 is 2.00 bits per heavy atom. The summed E-state index contributed by atoms with van der Waals surface area (Å²) in [5, 5.41) is 3.57. The van der Waals surface area contributed by atoms with E-state index in [0.717, 1.165) is 24.3 Å². The third-order valence-corrected chi connectivity index (χ3v) is 3.84. The quantitative estimate of drug-likeness (QED) is 0.815. The summed E-state index contributed by atoms with van der Waals surface area (Å²) in [6, 6.07) is 6.96. The van der Waals surface area contributed by atoms with Crippen LogP contribution in [0, 0.1) is 25.7 Å². The van der Waals surface area contributed by atoms with E-state index < -0.39 is 0 Å². The molecule has 2 atom stereocenters. The van der Waals surface area contributed by atoms with Crippen LogP contribution in [-0.2, 0) is 0 Å². The van der Waals surface area contributed by atoms with Gasteiger partial charge in [-0.2, -0.15) is 0 Å². The van der Waals surface area contributed by atoms with Gasteiger partial charge in [0.2, 0.25) is 0 Å². The molecule has 1 aliphatic carbocycles. The lowest BCUT2D eigenvalue weighted by molar-refractivity contribution is 0.532. The summed E-state index contributed by atoms with van der Waals surface area (Å²) >= 11 is 0. The zero-order valence-electron chi connectivity index (χ0n) is 11.6. The minimum absolute atomic E-state index is 0.758. The maximum atomic E-state index is 3.57. The number of hydrogen-bond donors (Lipinski definition) is 1. The average molecular weight is 231 g/mol. The Kier molecular flexibility index (Phi) is 3.88. The second-order valence-corrected chi connectivity index (χ2v) is 6.00. The fourth-order valence-corrected chi connectivity index (χ4v) is 2.43. The van der Waals surface area contributed by atoms with Crippen LogP contribution < -0.4 is 5.32 Å². The van der Waals surface area contributed by atoms with Crippen molar-refractivity contribution in [1.29, 1.82) is 0 Å². The van der Waals surface area contributed by atoms with Crippen molar-refractivity contribution in [3.8, 4) is 0 Å². The smallest absolute Gasteiger partial charge is 0.00143 e. The maximum absolute atomic E-state index is 3.57. The summed E-state index contributed by atoms with van der Waals surface area (Å²) in [7, 11) is 0. The Balaban J connectivity index is 1.83. The first-order valence-electron chi connectivity index (χ1n) is 6.85. The molecular formula is C16H25N. The molecular weight excluding hydrogens is 206 g/mol. The van der Waals surface area contributed by atoms with E-state index in [0.29, 0.717) is 0 Å². The molecule has 0 bridgehead atoms. The first-order chi connectivity index (χ1) is 8.08. The fourth-order valence-electron chi connectivity index (χ4n) is 2.43. The number of rotatable bonds is 5. The van der Waals surface area contributed by atoms with Crippen molar-refractivity contribution in [1.82, 2.24) is 5.32 Å². The van der Waals surface area contributed by atoms with E-state index >= 15 is 0 Å². The second-order valence-electron chi connectivity index (χ2n) is 6.00. The molecule has 0 spiro atoms. The van der Waals surface area contributed by atoms with Crippen LogP contribution in [0.25, 0.3) is 0 Å². The molecule has 1 fully saturated rings. The van der Waals surface area contributed by atoms with Gasteiger partial charge in [0, 0.05) is 0 Å². The van der Waals surface area contributed by atoms with E-state index in [-0.39, 0.29) is 0 Å². The fraction of sp³-hybridized carbons (Fsp3) is 0.625. The first kappa shape index (κ1) is 12.6. The number of aryl methyl sites for hydroxylation is 2. The number of nitrogens with one attached hydrogen (secondary N) is 1. The molecule has 0 heterocycles. The summed E-state index contributed by atoms with van der Waals surface area (Å²) in [5.41, 5.74) is 4.39. The summed E-state index contributed by atoms with van der Waals surface area (Å²) < 4.78 is 0. The predicted molar refractivity (Wildman–Crippen MR) is 74.5 cm³/mol. The van der Waals surface area contributed by atoms with Crippen LogP contribution in [-0.4, -0.2) is 13.1 Å². The molecule has 0 radical (unpaired) electrons. The van der Waals surface area contributed by atoms with Gasteiger partial charge >= 0.3 is 0 Å². The first-order valence-corrected chi connectivity index (χ1v) is 6.85. The standard InChI is InChI=1S/C16H25N/c1-11(2)9-17-10-15-8-16(15)14-6-5-12(3)13(4)7-14/h5-7,11,15-17H,8-10H2,1-4H3. The highest BCUT2D eigenvalue weighted by Gasteiger charge is 2.37. The van der Waals surface area contributed by atoms with Gasteiger partial charge < -0.3 is 5.32 Å². The van der Waals surface area contributed by atoms with E-state index in [1.165, 1.54) is 24.1 Å². The van der Waals surface area contributed by atoms with E-state index in [9.17, 15) is 0 Å². The van der Waals surface area contributed by atoms with E-state index in [2.05, 4.69) is 51.2 Å². The van der Waals surface area contributed by atoms with Crippen LogP contribution in [0.2, 0.25) is 0 Å². The molecule has 0 aliphatic heterocycles. The van der Waals surface area contributed by atoms with Crippen LogP contribution in [0.15, 0.2) is 18.2 Å². The van der Waals surface area contributed by atoms with Crippen molar-refractivity contribution in [2.45, 2.75) is 40.0 Å². The Hall–Kier alpha value is -0.820. The maximum Gasteiger partial charge on any atom is -0.00143 e. The topological polar surface area (TPSA) is 12.0 Å². The van der Waals surface area contributed by atoms with Crippen molar-refractivity contribution in [3.63, 3.8) is 0 Å². The largest absolute Gasteiger partial charge is 0.316 e. The van der Waals surface area contributed by atoms with Crippen LogP contribution in [0.4, 0.5) is 0 Å². The number of benzene rings is 1. The molecule has 0 aromatic heterocycles. The molecule has 2 unspecified atom stereocenters. The van der Waals surface area contributed by atoms with E-state index in [4.69, 9.17) is 0 Å². The summed E-state index contributed by atoms with van der Waals surface area (Å²) in [5.74, 6) is 2.44. The van der Waals surface area contributed by atoms with E-state index in [1.54, 1.807) is 5.56 Å². The van der Waals surface area contributed by atoms with Crippen molar-refractivity contribution >= 4 is 0 Å². The van der Waals surface area contributed by atoms with Gasteiger partial charge in [-0.25, -0.2) is 0 Å². The highest BCUT2D eigenvalue weighted by molar-refractivity contribution is 5.34. The van der Waals surface area contributed by atoms with Crippen LogP contribution in [0.1, 0.15) is 42.9 Å². The SMILES string of the molecule is Cc1ccc(C2CC2CNCC(C)C)cc1C. The van der Waals surface area contributed by atoms with Gasteiger partial charge in [-0.05, 0) is 67.8 Å². The van der Waals surface area contributed by atoms with Gasteiger partial charge in [0.05, 0.1) is 0 Å². The molecule has 0 amide bonds. The highest BCUT2D eigenvalue weighted by atomic mass is 14.9. The van der Waals surface area contributed by atoms with Gasteiger partial charge in [0.25, 0.3) is 0 Å². The Morgan fingerprint density at radius 3 is 2.65 bits per heavy atom. The lowest BCUT2D eigenvalue weighted by atomic mass is 10.0. The third-order valence-electron chi connectivity index (χ3n) is 3.84. The molecule has 17 heavy (non-hydrogen) atoms. The monoisotopic (exact) mass is 231 g/mol. The summed E-state index contributed by atoms with van der Waals surface area (Å²) in [4.78, 5) is 0. The van der Waals surface area contributed by atoms with Gasteiger partial charge in [-0.15, -0.1) is 0 Å². The minimum Gasteiger partial charge on any atom is -0.316 e. The third kappa shape index (κ3) is 3.32. The average Bonchev–Trinajstić information content (AvgIpc) is 3.01. The van der Waals surface area contributed by atoms with Crippen LogP contribution in [0.5, 0.6) is 0 Å². The zero-order chi connectivity index (χ0) is 12.4. The molecule has 1 saturated carbocycles. The lowest BCUT2D eigenvalue weighted by Crippen LogP contribution is -2.22. The lowest BCUT2D eigenvalue weighted by Gasteiger charge is -2.08. The predicted octanol–water partition coefficient (Wildman–Crippen LogP) is 3.65. The summed E-state index contributed by atoms with van der Waals surface area (Å²) in [6.45, 7) is 11.3. The van der Waals surface area contributed by atoms with Crippen molar-refractivity contribution in [2.24, 2.45) is 11.8 Å².